The quantitative estimate of drug-likeness (QED) is 0.727. The highest BCUT2D eigenvalue weighted by atomic mass is 15.2. The highest BCUT2D eigenvalue weighted by Gasteiger charge is 2.26. The van der Waals surface area contributed by atoms with Crippen molar-refractivity contribution >= 4 is 0 Å². The molecular formula is C12H24N2. The number of hydrogen-bond donors (Lipinski definition) is 1. The molecule has 14 heavy (non-hydrogen) atoms. The smallest absolute Gasteiger partial charge is 0.0345 e. The molecule has 2 heteroatoms. The molecule has 1 N–H and O–H groups in total. The molecule has 2 fully saturated rings. The third-order valence-corrected chi connectivity index (χ3v) is 3.99. The molecule has 0 aromatic heterocycles. The van der Waals surface area contributed by atoms with E-state index in [9.17, 15) is 0 Å². The maximum absolute atomic E-state index is 3.37. The first-order valence-corrected chi connectivity index (χ1v) is 6.30. The molecule has 82 valence electrons. The number of nitrogens with one attached hydrogen (secondary N) is 1. The van der Waals surface area contributed by atoms with Gasteiger partial charge in [-0.25, -0.2) is 0 Å². The summed E-state index contributed by atoms with van der Waals surface area (Å²) in [5.74, 6) is 0. The van der Waals surface area contributed by atoms with Crippen LogP contribution >= 0.6 is 0 Å². The predicted molar refractivity (Wildman–Crippen MR) is 60.5 cm³/mol. The van der Waals surface area contributed by atoms with Crippen molar-refractivity contribution in [3.63, 3.8) is 0 Å². The number of nitrogens with zero attached hydrogens (tertiary/aromatic N) is 1. The maximum Gasteiger partial charge on any atom is 0.0345 e. The Morgan fingerprint density at radius 3 is 1.93 bits per heavy atom. The van der Waals surface area contributed by atoms with E-state index in [0.29, 0.717) is 0 Å². The SMILES string of the molecule is CN(C1CCCCCCC1)C1CNC1. The molecule has 0 radical (unpaired) electrons. The number of rotatable bonds is 2. The van der Waals surface area contributed by atoms with Gasteiger partial charge in [-0.1, -0.05) is 32.1 Å². The monoisotopic (exact) mass is 196 g/mol. The van der Waals surface area contributed by atoms with Crippen molar-refractivity contribution in [3.05, 3.63) is 0 Å². The van der Waals surface area contributed by atoms with Gasteiger partial charge in [-0.15, -0.1) is 0 Å². The molecule has 0 aromatic carbocycles. The number of hydrogen-bond acceptors (Lipinski definition) is 2. The molecular weight excluding hydrogens is 172 g/mol. The van der Waals surface area contributed by atoms with Crippen LogP contribution in [0, 0.1) is 0 Å². The normalized spacial score (nSPS) is 27.0. The molecule has 0 spiro atoms. The second-order valence-corrected chi connectivity index (χ2v) is 4.98. The third kappa shape index (κ3) is 2.48. The van der Waals surface area contributed by atoms with Gasteiger partial charge in [0, 0.05) is 25.2 Å². The Kier molecular flexibility index (Phi) is 3.82. The first-order valence-electron chi connectivity index (χ1n) is 6.30. The predicted octanol–water partition coefficient (Wildman–Crippen LogP) is 2.00. The fourth-order valence-corrected chi connectivity index (χ4v) is 2.70. The largest absolute Gasteiger partial charge is 0.314 e. The van der Waals surface area contributed by atoms with E-state index >= 15 is 0 Å². The van der Waals surface area contributed by atoms with Crippen LogP contribution in [0.15, 0.2) is 0 Å². The molecule has 1 saturated carbocycles. The minimum Gasteiger partial charge on any atom is -0.314 e. The molecule has 1 heterocycles. The second kappa shape index (κ2) is 5.13. The van der Waals surface area contributed by atoms with Crippen LogP contribution in [0.3, 0.4) is 0 Å². The summed E-state index contributed by atoms with van der Waals surface area (Å²) in [7, 11) is 2.33. The minimum atomic E-state index is 0.833. The first-order chi connectivity index (χ1) is 6.88. The molecule has 1 aliphatic carbocycles. The van der Waals surface area contributed by atoms with E-state index in [4.69, 9.17) is 0 Å². The van der Waals surface area contributed by atoms with E-state index in [-0.39, 0.29) is 0 Å². The second-order valence-electron chi connectivity index (χ2n) is 4.98. The van der Waals surface area contributed by atoms with Crippen molar-refractivity contribution in [1.29, 1.82) is 0 Å². The fraction of sp³-hybridized carbons (Fsp3) is 1.00. The summed E-state index contributed by atoms with van der Waals surface area (Å²) in [5.41, 5.74) is 0. The van der Waals surface area contributed by atoms with E-state index < -0.39 is 0 Å². The topological polar surface area (TPSA) is 15.3 Å². The average molecular weight is 196 g/mol. The molecule has 1 saturated heterocycles. The van der Waals surface area contributed by atoms with Crippen LogP contribution < -0.4 is 5.32 Å². The zero-order valence-electron chi connectivity index (χ0n) is 9.47. The molecule has 0 bridgehead atoms. The molecule has 0 aromatic rings. The lowest BCUT2D eigenvalue weighted by molar-refractivity contribution is 0.109. The van der Waals surface area contributed by atoms with Gasteiger partial charge in [0.15, 0.2) is 0 Å². The summed E-state index contributed by atoms with van der Waals surface area (Å²) in [4.78, 5) is 2.64. The van der Waals surface area contributed by atoms with Crippen LogP contribution in [0.25, 0.3) is 0 Å². The van der Waals surface area contributed by atoms with Crippen molar-refractivity contribution in [3.8, 4) is 0 Å². The highest BCUT2D eigenvalue weighted by Crippen LogP contribution is 2.22. The van der Waals surface area contributed by atoms with Crippen molar-refractivity contribution in [1.82, 2.24) is 10.2 Å². The van der Waals surface area contributed by atoms with Gasteiger partial charge in [0.1, 0.15) is 0 Å². The lowest BCUT2D eigenvalue weighted by Crippen LogP contribution is -2.58. The molecule has 0 amide bonds. The average Bonchev–Trinajstić information content (AvgIpc) is 1.99. The van der Waals surface area contributed by atoms with E-state index in [1.165, 1.54) is 58.0 Å². The summed E-state index contributed by atoms with van der Waals surface area (Å²) in [6, 6.07) is 1.71. The van der Waals surface area contributed by atoms with Gasteiger partial charge >= 0.3 is 0 Å². The Labute approximate surface area is 88.1 Å². The standard InChI is InChI=1S/C12H24N2/c1-14(12-9-13-10-12)11-7-5-3-2-4-6-8-11/h11-13H,2-10H2,1H3. The first kappa shape index (κ1) is 10.4. The number of likely N-dealkylation sites (N-methyl/N-ethyl adjacent to an activating group) is 1. The lowest BCUT2D eigenvalue weighted by Gasteiger charge is -2.41. The van der Waals surface area contributed by atoms with Gasteiger partial charge in [-0.3, -0.25) is 4.90 Å². The van der Waals surface area contributed by atoms with Crippen LogP contribution in [0.1, 0.15) is 44.9 Å². The van der Waals surface area contributed by atoms with Gasteiger partial charge in [0.05, 0.1) is 0 Å². The highest BCUT2D eigenvalue weighted by molar-refractivity contribution is 4.86. The van der Waals surface area contributed by atoms with Crippen LogP contribution in [0.5, 0.6) is 0 Å². The van der Waals surface area contributed by atoms with Crippen LogP contribution in [0.2, 0.25) is 0 Å². The summed E-state index contributed by atoms with van der Waals surface area (Å²) in [6.07, 6.45) is 10.2. The van der Waals surface area contributed by atoms with E-state index in [0.717, 1.165) is 12.1 Å². The van der Waals surface area contributed by atoms with Crippen molar-refractivity contribution in [2.24, 2.45) is 0 Å². The van der Waals surface area contributed by atoms with Crippen molar-refractivity contribution < 1.29 is 0 Å². The molecule has 2 rings (SSSR count). The zero-order chi connectivity index (χ0) is 9.80. The summed E-state index contributed by atoms with van der Waals surface area (Å²) >= 11 is 0. The van der Waals surface area contributed by atoms with Crippen LogP contribution in [0.4, 0.5) is 0 Å². The summed E-state index contributed by atoms with van der Waals surface area (Å²) in [5, 5.41) is 3.37. The fourth-order valence-electron chi connectivity index (χ4n) is 2.70. The van der Waals surface area contributed by atoms with Crippen molar-refractivity contribution in [2.45, 2.75) is 57.0 Å². The van der Waals surface area contributed by atoms with E-state index in [2.05, 4.69) is 17.3 Å². The maximum atomic E-state index is 3.37. The Hall–Kier alpha value is -0.0800. The minimum absolute atomic E-state index is 0.833. The zero-order valence-corrected chi connectivity index (χ0v) is 9.47. The Morgan fingerprint density at radius 1 is 0.857 bits per heavy atom. The molecule has 2 nitrogen and oxygen atoms in total. The Balaban J connectivity index is 1.80. The van der Waals surface area contributed by atoms with Crippen LogP contribution in [-0.2, 0) is 0 Å². The van der Waals surface area contributed by atoms with Crippen LogP contribution in [-0.4, -0.2) is 37.1 Å². The molecule has 0 unspecified atom stereocenters. The third-order valence-electron chi connectivity index (χ3n) is 3.99. The molecule has 2 aliphatic rings. The lowest BCUT2D eigenvalue weighted by atomic mass is 9.94. The van der Waals surface area contributed by atoms with Gasteiger partial charge in [-0.05, 0) is 19.9 Å². The molecule has 0 atom stereocenters. The van der Waals surface area contributed by atoms with E-state index in [1.807, 2.05) is 0 Å². The summed E-state index contributed by atoms with van der Waals surface area (Å²) < 4.78 is 0. The van der Waals surface area contributed by atoms with E-state index in [1.54, 1.807) is 0 Å². The van der Waals surface area contributed by atoms with Gasteiger partial charge in [0.25, 0.3) is 0 Å². The molecule has 1 aliphatic heterocycles. The van der Waals surface area contributed by atoms with Gasteiger partial charge in [-0.2, -0.15) is 0 Å². The van der Waals surface area contributed by atoms with Gasteiger partial charge < -0.3 is 5.32 Å². The summed E-state index contributed by atoms with van der Waals surface area (Å²) in [6.45, 7) is 2.43. The Bertz CT molecular complexity index is 158. The van der Waals surface area contributed by atoms with Crippen molar-refractivity contribution in [2.75, 3.05) is 20.1 Å². The van der Waals surface area contributed by atoms with Gasteiger partial charge in [0.2, 0.25) is 0 Å². The Morgan fingerprint density at radius 2 is 1.43 bits per heavy atom.